The highest BCUT2D eigenvalue weighted by molar-refractivity contribution is 6.28. The van der Waals surface area contributed by atoms with Gasteiger partial charge in [0.05, 0.1) is 22.1 Å². The Morgan fingerprint density at radius 1 is 0.704 bits per heavy atom. The second kappa shape index (κ2) is 4.77. The second-order valence-corrected chi connectivity index (χ2v) is 8.01. The lowest BCUT2D eigenvalue weighted by Gasteiger charge is -2.15. The van der Waals surface area contributed by atoms with Crippen molar-refractivity contribution in [2.24, 2.45) is 0 Å². The van der Waals surface area contributed by atoms with Crippen molar-refractivity contribution >= 4 is 49.0 Å². The molecule has 0 bridgehead atoms. The summed E-state index contributed by atoms with van der Waals surface area (Å²) in [6.45, 7) is 8.80. The molecule has 0 N–H and O–H groups in total. The van der Waals surface area contributed by atoms with Crippen molar-refractivity contribution in [2.45, 2.75) is 27.7 Å². The fourth-order valence-electron chi connectivity index (χ4n) is 5.07. The molecule has 0 radical (unpaired) electrons. The van der Waals surface area contributed by atoms with Crippen LogP contribution >= 0.6 is 0 Å². The van der Waals surface area contributed by atoms with Crippen LogP contribution in [0.2, 0.25) is 0 Å². The van der Waals surface area contributed by atoms with E-state index in [1.54, 1.807) is 0 Å². The Kier molecular flexibility index (Phi) is 2.65. The van der Waals surface area contributed by atoms with E-state index in [0.717, 1.165) is 5.52 Å². The SMILES string of the molecule is Cc1ccc2c(c1)c1c(C)cc3ccnc4c5cc(C)cc(C)c5n2c1c34. The van der Waals surface area contributed by atoms with Crippen molar-refractivity contribution in [1.29, 1.82) is 0 Å². The minimum atomic E-state index is 1.12. The van der Waals surface area contributed by atoms with Gasteiger partial charge in [0.15, 0.2) is 0 Å². The first-order chi connectivity index (χ1) is 13.0. The lowest BCUT2D eigenvalue weighted by molar-refractivity contribution is 1.29. The average molecular weight is 348 g/mol. The van der Waals surface area contributed by atoms with Gasteiger partial charge in [0.1, 0.15) is 0 Å². The van der Waals surface area contributed by atoms with Gasteiger partial charge in [0, 0.05) is 27.7 Å². The van der Waals surface area contributed by atoms with Crippen LogP contribution in [-0.2, 0) is 0 Å². The lowest BCUT2D eigenvalue weighted by Crippen LogP contribution is -1.97. The fraction of sp³-hybridized carbons (Fsp3) is 0.160. The molecule has 130 valence electrons. The van der Waals surface area contributed by atoms with E-state index in [1.165, 1.54) is 65.7 Å². The van der Waals surface area contributed by atoms with Gasteiger partial charge >= 0.3 is 0 Å². The van der Waals surface area contributed by atoms with Gasteiger partial charge in [-0.25, -0.2) is 0 Å². The van der Waals surface area contributed by atoms with Gasteiger partial charge in [-0.2, -0.15) is 0 Å². The van der Waals surface area contributed by atoms with Gasteiger partial charge in [-0.1, -0.05) is 29.3 Å². The maximum atomic E-state index is 4.85. The van der Waals surface area contributed by atoms with Crippen LogP contribution < -0.4 is 0 Å². The van der Waals surface area contributed by atoms with Gasteiger partial charge in [0.25, 0.3) is 0 Å². The number of hydrogen-bond acceptors (Lipinski definition) is 1. The number of nitrogens with zero attached hydrogens (tertiary/aromatic N) is 2. The van der Waals surface area contributed by atoms with Crippen molar-refractivity contribution < 1.29 is 0 Å². The Hall–Kier alpha value is -3.13. The molecule has 0 amide bonds. The first kappa shape index (κ1) is 15.0. The number of benzene rings is 3. The summed E-state index contributed by atoms with van der Waals surface area (Å²) in [5.74, 6) is 0. The third kappa shape index (κ3) is 1.73. The molecule has 0 spiro atoms. The minimum absolute atomic E-state index is 1.12. The quantitative estimate of drug-likeness (QED) is 0.223. The largest absolute Gasteiger partial charge is 0.308 e. The first-order valence-electron chi connectivity index (χ1n) is 9.49. The van der Waals surface area contributed by atoms with Gasteiger partial charge in [0.2, 0.25) is 0 Å². The molecule has 3 aromatic carbocycles. The van der Waals surface area contributed by atoms with Crippen molar-refractivity contribution in [3.63, 3.8) is 0 Å². The van der Waals surface area contributed by atoms with E-state index in [1.807, 2.05) is 6.20 Å². The molecule has 27 heavy (non-hydrogen) atoms. The van der Waals surface area contributed by atoms with Crippen molar-refractivity contribution in [1.82, 2.24) is 9.38 Å². The number of hydrogen-bond donors (Lipinski definition) is 0. The zero-order chi connectivity index (χ0) is 18.4. The standard InChI is InChI=1S/C25H20N2/c1-13-5-6-20-18(10-13)21-15(3)12-17-7-8-26-23-19-11-14(2)9-16(4)24(19)27(20)25(21)22(17)23/h5-12H,1-4H3. The lowest BCUT2D eigenvalue weighted by atomic mass is 9.97. The van der Waals surface area contributed by atoms with E-state index in [2.05, 4.69) is 74.6 Å². The van der Waals surface area contributed by atoms with Crippen LogP contribution in [0.1, 0.15) is 22.3 Å². The molecule has 2 heteroatoms. The highest BCUT2D eigenvalue weighted by Gasteiger charge is 2.21. The Morgan fingerprint density at radius 3 is 2.37 bits per heavy atom. The number of fused-ring (bicyclic) bond motifs is 6. The van der Waals surface area contributed by atoms with E-state index < -0.39 is 0 Å². The molecule has 0 unspecified atom stereocenters. The maximum absolute atomic E-state index is 4.85. The predicted molar refractivity (Wildman–Crippen MR) is 115 cm³/mol. The Balaban J connectivity index is 2.14. The molecule has 0 saturated carbocycles. The van der Waals surface area contributed by atoms with Gasteiger partial charge in [-0.05, 0) is 68.5 Å². The third-order valence-corrected chi connectivity index (χ3v) is 6.03. The molecule has 0 saturated heterocycles. The summed E-state index contributed by atoms with van der Waals surface area (Å²) < 4.78 is 2.48. The third-order valence-electron chi connectivity index (χ3n) is 6.03. The normalized spacial score (nSPS) is 12.4. The summed E-state index contributed by atoms with van der Waals surface area (Å²) in [4.78, 5) is 4.85. The molecular formula is C25H20N2. The summed E-state index contributed by atoms with van der Waals surface area (Å²) in [5.41, 5.74) is 10.2. The van der Waals surface area contributed by atoms with Crippen molar-refractivity contribution in [3.8, 4) is 0 Å². The molecular weight excluding hydrogens is 328 g/mol. The molecule has 0 aliphatic rings. The van der Waals surface area contributed by atoms with Crippen LogP contribution in [0, 0.1) is 27.7 Å². The van der Waals surface area contributed by atoms with Crippen LogP contribution in [0.5, 0.6) is 0 Å². The summed E-state index contributed by atoms with van der Waals surface area (Å²) in [6, 6.07) is 15.9. The van der Waals surface area contributed by atoms with Crippen molar-refractivity contribution in [2.75, 3.05) is 0 Å². The Bertz CT molecular complexity index is 1550. The Morgan fingerprint density at radius 2 is 1.52 bits per heavy atom. The first-order valence-corrected chi connectivity index (χ1v) is 9.49. The van der Waals surface area contributed by atoms with Crippen LogP contribution in [-0.4, -0.2) is 9.38 Å². The van der Waals surface area contributed by atoms with Crippen LogP contribution in [0.4, 0.5) is 0 Å². The molecule has 0 aliphatic heterocycles. The summed E-state index contributed by atoms with van der Waals surface area (Å²) in [6.07, 6.45) is 1.95. The average Bonchev–Trinajstić information content (AvgIpc) is 2.96. The number of aromatic nitrogens is 2. The van der Waals surface area contributed by atoms with E-state index >= 15 is 0 Å². The summed E-state index contributed by atoms with van der Waals surface area (Å²) >= 11 is 0. The van der Waals surface area contributed by atoms with Gasteiger partial charge in [-0.3, -0.25) is 4.98 Å². The molecule has 6 rings (SSSR count). The molecule has 2 nitrogen and oxygen atoms in total. The van der Waals surface area contributed by atoms with E-state index in [4.69, 9.17) is 4.98 Å². The molecule has 0 fully saturated rings. The fourth-order valence-corrected chi connectivity index (χ4v) is 5.07. The topological polar surface area (TPSA) is 17.3 Å². The Labute approximate surface area is 157 Å². The van der Waals surface area contributed by atoms with Crippen molar-refractivity contribution in [3.05, 3.63) is 70.9 Å². The van der Waals surface area contributed by atoms with E-state index in [-0.39, 0.29) is 0 Å². The smallest absolute Gasteiger partial charge is 0.0822 e. The summed E-state index contributed by atoms with van der Waals surface area (Å²) in [7, 11) is 0. The van der Waals surface area contributed by atoms with Gasteiger partial charge in [-0.15, -0.1) is 0 Å². The monoisotopic (exact) mass is 348 g/mol. The summed E-state index contributed by atoms with van der Waals surface area (Å²) in [5, 5.41) is 6.50. The van der Waals surface area contributed by atoms with E-state index in [0.29, 0.717) is 0 Å². The maximum Gasteiger partial charge on any atom is 0.0822 e. The minimum Gasteiger partial charge on any atom is -0.308 e. The molecule has 0 aliphatic carbocycles. The predicted octanol–water partition coefficient (Wildman–Crippen LogP) is 6.62. The van der Waals surface area contributed by atoms with Crippen LogP contribution in [0.3, 0.4) is 0 Å². The zero-order valence-corrected chi connectivity index (χ0v) is 16.0. The molecule has 3 aromatic heterocycles. The highest BCUT2D eigenvalue weighted by atomic mass is 14.9. The number of aryl methyl sites for hydroxylation is 4. The van der Waals surface area contributed by atoms with Crippen LogP contribution in [0.15, 0.2) is 48.7 Å². The second-order valence-electron chi connectivity index (χ2n) is 8.01. The molecule has 6 aromatic rings. The van der Waals surface area contributed by atoms with E-state index in [9.17, 15) is 0 Å². The highest BCUT2D eigenvalue weighted by Crippen LogP contribution is 2.42. The molecule has 3 heterocycles. The number of rotatable bonds is 0. The van der Waals surface area contributed by atoms with Gasteiger partial charge < -0.3 is 4.40 Å². The van der Waals surface area contributed by atoms with Crippen LogP contribution in [0.25, 0.3) is 49.0 Å². The molecule has 0 atom stereocenters. The zero-order valence-electron chi connectivity index (χ0n) is 16.0. The number of pyridine rings is 2.